The second kappa shape index (κ2) is 7.20. The summed E-state index contributed by atoms with van der Waals surface area (Å²) in [6.07, 6.45) is 1.93. The minimum absolute atomic E-state index is 0.00223. The molecule has 0 aliphatic carbocycles. The van der Waals surface area contributed by atoms with Crippen LogP contribution < -0.4 is 10.2 Å². The fourth-order valence-corrected chi connectivity index (χ4v) is 3.57. The van der Waals surface area contributed by atoms with Crippen molar-refractivity contribution in [2.45, 2.75) is 26.3 Å². The van der Waals surface area contributed by atoms with Gasteiger partial charge in [-0.2, -0.15) is 0 Å². The van der Waals surface area contributed by atoms with Crippen LogP contribution in [0.25, 0.3) is 11.0 Å². The zero-order valence-corrected chi connectivity index (χ0v) is 15.0. The van der Waals surface area contributed by atoms with Crippen LogP contribution in [0.5, 0.6) is 0 Å². The molecular formula is C21H24N4O. The van der Waals surface area contributed by atoms with Crippen molar-refractivity contribution in [3.63, 3.8) is 0 Å². The first kappa shape index (κ1) is 16.6. The topological polar surface area (TPSA) is 61.0 Å². The van der Waals surface area contributed by atoms with Gasteiger partial charge in [-0.15, -0.1) is 0 Å². The Balaban J connectivity index is 1.42. The molecule has 0 bridgehead atoms. The highest BCUT2D eigenvalue weighted by atomic mass is 16.1. The van der Waals surface area contributed by atoms with E-state index in [1.54, 1.807) is 0 Å². The minimum Gasteiger partial charge on any atom is -0.352 e. The van der Waals surface area contributed by atoms with Gasteiger partial charge in [0.05, 0.1) is 17.0 Å². The van der Waals surface area contributed by atoms with E-state index < -0.39 is 0 Å². The number of anilines is 1. The minimum atomic E-state index is 0.00223. The van der Waals surface area contributed by atoms with Gasteiger partial charge < -0.3 is 15.2 Å². The smallest absolute Gasteiger partial charge is 0.225 e. The first-order chi connectivity index (χ1) is 12.7. The molecule has 1 saturated heterocycles. The van der Waals surface area contributed by atoms with E-state index >= 15 is 0 Å². The van der Waals surface area contributed by atoms with Crippen LogP contribution in [0.15, 0.2) is 48.5 Å². The molecule has 1 aromatic heterocycles. The van der Waals surface area contributed by atoms with E-state index in [4.69, 9.17) is 4.98 Å². The number of aromatic amines is 1. The van der Waals surface area contributed by atoms with Gasteiger partial charge in [-0.3, -0.25) is 4.79 Å². The quantitative estimate of drug-likeness (QED) is 0.760. The Morgan fingerprint density at radius 3 is 2.96 bits per heavy atom. The lowest BCUT2D eigenvalue weighted by molar-refractivity contribution is -0.125. The number of aromatic nitrogens is 2. The number of nitrogens with zero attached hydrogens (tertiary/aromatic N) is 2. The largest absolute Gasteiger partial charge is 0.352 e. The zero-order valence-electron chi connectivity index (χ0n) is 15.0. The number of carbonyl (C=O) groups is 1. The van der Waals surface area contributed by atoms with Gasteiger partial charge in [-0.05, 0) is 43.0 Å². The molecule has 1 fully saturated rings. The molecule has 1 amide bonds. The van der Waals surface area contributed by atoms with E-state index in [1.165, 1.54) is 5.56 Å². The maximum absolute atomic E-state index is 12.6. The molecule has 1 aliphatic rings. The first-order valence-electron chi connectivity index (χ1n) is 9.22. The van der Waals surface area contributed by atoms with E-state index in [0.29, 0.717) is 13.1 Å². The second-order valence-electron chi connectivity index (χ2n) is 7.07. The second-order valence-corrected chi connectivity index (χ2v) is 7.07. The first-order valence-corrected chi connectivity index (χ1v) is 9.22. The van der Waals surface area contributed by atoms with Crippen LogP contribution in [0, 0.1) is 12.8 Å². The van der Waals surface area contributed by atoms with Gasteiger partial charge in [0.15, 0.2) is 0 Å². The van der Waals surface area contributed by atoms with Crippen molar-refractivity contribution in [3.8, 4) is 0 Å². The Hall–Kier alpha value is -2.82. The molecule has 0 spiro atoms. The molecule has 0 radical (unpaired) electrons. The zero-order chi connectivity index (χ0) is 17.9. The summed E-state index contributed by atoms with van der Waals surface area (Å²) in [5.41, 5.74) is 4.36. The molecule has 1 atom stereocenters. The predicted molar refractivity (Wildman–Crippen MR) is 104 cm³/mol. The van der Waals surface area contributed by atoms with Crippen molar-refractivity contribution in [1.29, 1.82) is 0 Å². The Morgan fingerprint density at radius 1 is 1.27 bits per heavy atom. The average molecular weight is 348 g/mol. The third kappa shape index (κ3) is 3.57. The number of piperidine rings is 1. The lowest BCUT2D eigenvalue weighted by Gasteiger charge is -2.31. The lowest BCUT2D eigenvalue weighted by Crippen LogP contribution is -2.43. The summed E-state index contributed by atoms with van der Waals surface area (Å²) in [6.45, 7) is 4.30. The number of fused-ring (bicyclic) bond motifs is 1. The number of hydrogen-bond acceptors (Lipinski definition) is 3. The van der Waals surface area contributed by atoms with Crippen molar-refractivity contribution < 1.29 is 4.79 Å². The third-order valence-corrected chi connectivity index (χ3v) is 5.03. The van der Waals surface area contributed by atoms with Crippen LogP contribution >= 0.6 is 0 Å². The van der Waals surface area contributed by atoms with Gasteiger partial charge in [0, 0.05) is 19.6 Å². The predicted octanol–water partition coefficient (Wildman–Crippen LogP) is 3.40. The number of H-pyrrole nitrogens is 1. The number of carbonyl (C=O) groups excluding carboxylic acids is 1. The Kier molecular flexibility index (Phi) is 4.61. The van der Waals surface area contributed by atoms with Crippen LogP contribution in [-0.2, 0) is 11.3 Å². The van der Waals surface area contributed by atoms with Crippen molar-refractivity contribution in [3.05, 3.63) is 59.7 Å². The molecule has 5 heteroatoms. The number of amides is 1. The fourth-order valence-electron chi connectivity index (χ4n) is 3.57. The molecule has 134 valence electrons. The van der Waals surface area contributed by atoms with Crippen LogP contribution in [0.2, 0.25) is 0 Å². The van der Waals surface area contributed by atoms with E-state index in [2.05, 4.69) is 34.3 Å². The highest BCUT2D eigenvalue weighted by Crippen LogP contribution is 2.24. The molecule has 4 rings (SSSR count). The molecule has 2 heterocycles. The molecule has 0 unspecified atom stereocenters. The van der Waals surface area contributed by atoms with Crippen molar-refractivity contribution in [2.75, 3.05) is 18.0 Å². The van der Waals surface area contributed by atoms with E-state index in [-0.39, 0.29) is 11.8 Å². The Bertz CT molecular complexity index is 903. The highest BCUT2D eigenvalue weighted by molar-refractivity contribution is 5.80. The maximum atomic E-state index is 12.6. The van der Waals surface area contributed by atoms with Gasteiger partial charge in [-0.25, -0.2) is 4.98 Å². The van der Waals surface area contributed by atoms with Gasteiger partial charge in [0.2, 0.25) is 11.9 Å². The number of hydrogen-bond donors (Lipinski definition) is 2. The highest BCUT2D eigenvalue weighted by Gasteiger charge is 2.27. The monoisotopic (exact) mass is 348 g/mol. The lowest BCUT2D eigenvalue weighted by atomic mass is 9.97. The van der Waals surface area contributed by atoms with E-state index in [0.717, 1.165) is 41.9 Å². The third-order valence-electron chi connectivity index (χ3n) is 5.03. The molecule has 0 saturated carbocycles. The molecule has 5 nitrogen and oxygen atoms in total. The van der Waals surface area contributed by atoms with E-state index in [1.807, 2.05) is 36.4 Å². The SMILES string of the molecule is Cc1ccc2nc(N3CCC[C@@H](C(=O)NCc4ccccc4)C3)[nH]c2c1. The van der Waals surface area contributed by atoms with Gasteiger partial charge in [-0.1, -0.05) is 36.4 Å². The van der Waals surface area contributed by atoms with Gasteiger partial charge in [0.1, 0.15) is 0 Å². The molecule has 2 N–H and O–H groups in total. The summed E-state index contributed by atoms with van der Waals surface area (Å²) < 4.78 is 0. The van der Waals surface area contributed by atoms with Crippen LogP contribution in [-0.4, -0.2) is 29.0 Å². The summed E-state index contributed by atoms with van der Waals surface area (Å²) in [5.74, 6) is 0.999. The van der Waals surface area contributed by atoms with Crippen molar-refractivity contribution in [1.82, 2.24) is 15.3 Å². The van der Waals surface area contributed by atoms with Crippen molar-refractivity contribution in [2.24, 2.45) is 5.92 Å². The summed E-state index contributed by atoms with van der Waals surface area (Å²) in [7, 11) is 0. The number of rotatable bonds is 4. The summed E-state index contributed by atoms with van der Waals surface area (Å²) in [6, 6.07) is 16.3. The number of nitrogens with one attached hydrogen (secondary N) is 2. The average Bonchev–Trinajstić information content (AvgIpc) is 3.10. The number of imidazole rings is 1. The maximum Gasteiger partial charge on any atom is 0.225 e. The standard InChI is InChI=1S/C21H24N4O/c1-15-9-10-18-19(12-15)24-21(23-18)25-11-5-8-17(14-25)20(26)22-13-16-6-3-2-4-7-16/h2-4,6-7,9-10,12,17H,5,8,11,13-14H2,1H3,(H,22,26)(H,23,24)/t17-/m1/s1. The summed E-state index contributed by atoms with van der Waals surface area (Å²) in [4.78, 5) is 22.9. The van der Waals surface area contributed by atoms with Gasteiger partial charge in [0.25, 0.3) is 0 Å². The molecule has 26 heavy (non-hydrogen) atoms. The molecule has 3 aromatic rings. The fraction of sp³-hybridized carbons (Fsp3) is 0.333. The normalized spacial score (nSPS) is 17.4. The van der Waals surface area contributed by atoms with Crippen LogP contribution in [0.3, 0.4) is 0 Å². The molecular weight excluding hydrogens is 324 g/mol. The van der Waals surface area contributed by atoms with Crippen molar-refractivity contribution >= 4 is 22.9 Å². The van der Waals surface area contributed by atoms with Crippen LogP contribution in [0.1, 0.15) is 24.0 Å². The summed E-state index contributed by atoms with van der Waals surface area (Å²) >= 11 is 0. The number of benzene rings is 2. The number of aryl methyl sites for hydroxylation is 1. The molecule has 1 aliphatic heterocycles. The van der Waals surface area contributed by atoms with E-state index in [9.17, 15) is 4.79 Å². The summed E-state index contributed by atoms with van der Waals surface area (Å²) in [5, 5.41) is 3.08. The Labute approximate surface area is 153 Å². The Morgan fingerprint density at radius 2 is 2.12 bits per heavy atom. The molecule has 2 aromatic carbocycles. The van der Waals surface area contributed by atoms with Crippen LogP contribution in [0.4, 0.5) is 5.95 Å². The van der Waals surface area contributed by atoms with Gasteiger partial charge >= 0.3 is 0 Å².